The van der Waals surface area contributed by atoms with Crippen LogP contribution in [0.1, 0.15) is 49.6 Å². The molecular weight excluding hydrogens is 230 g/mol. The Morgan fingerprint density at radius 1 is 1.47 bits per heavy atom. The van der Waals surface area contributed by atoms with Crippen molar-refractivity contribution in [3.05, 3.63) is 16.1 Å². The van der Waals surface area contributed by atoms with Crippen molar-refractivity contribution in [1.82, 2.24) is 4.98 Å². The Morgan fingerprint density at radius 3 is 2.94 bits per heavy atom. The average molecular weight is 253 g/mol. The standard InChI is InChI=1S/C14H23NOS/c1-3-11-4-6-13(16)12(8-11)5-7-14-10(2)15-9-17-14/h9,11-13,16H,3-8H2,1-2H3. The lowest BCUT2D eigenvalue weighted by atomic mass is 9.76. The number of nitrogens with zero attached hydrogens (tertiary/aromatic N) is 1. The van der Waals surface area contributed by atoms with Crippen LogP contribution in [0.15, 0.2) is 5.51 Å². The molecule has 1 N–H and O–H groups in total. The minimum atomic E-state index is -0.0639. The molecular formula is C14H23NOS. The van der Waals surface area contributed by atoms with Crippen LogP contribution in [-0.2, 0) is 6.42 Å². The number of aromatic nitrogens is 1. The monoisotopic (exact) mass is 253 g/mol. The van der Waals surface area contributed by atoms with E-state index < -0.39 is 0 Å². The largest absolute Gasteiger partial charge is 0.393 e. The van der Waals surface area contributed by atoms with Gasteiger partial charge < -0.3 is 5.11 Å². The van der Waals surface area contributed by atoms with Crippen LogP contribution in [0.5, 0.6) is 0 Å². The van der Waals surface area contributed by atoms with Gasteiger partial charge in [0.15, 0.2) is 0 Å². The maximum atomic E-state index is 10.1. The Labute approximate surface area is 108 Å². The van der Waals surface area contributed by atoms with Crippen LogP contribution in [0.4, 0.5) is 0 Å². The van der Waals surface area contributed by atoms with Gasteiger partial charge in [-0.05, 0) is 50.9 Å². The Balaban J connectivity index is 1.87. The molecule has 1 heterocycles. The molecule has 1 fully saturated rings. The van der Waals surface area contributed by atoms with Crippen LogP contribution in [0.3, 0.4) is 0 Å². The van der Waals surface area contributed by atoms with Crippen molar-refractivity contribution in [2.24, 2.45) is 11.8 Å². The van der Waals surface area contributed by atoms with E-state index in [0.717, 1.165) is 25.2 Å². The van der Waals surface area contributed by atoms with E-state index in [2.05, 4.69) is 18.8 Å². The maximum Gasteiger partial charge on any atom is 0.0797 e. The van der Waals surface area contributed by atoms with E-state index in [1.54, 1.807) is 11.3 Å². The Kier molecular flexibility index (Phi) is 4.57. The van der Waals surface area contributed by atoms with E-state index in [1.165, 1.54) is 29.8 Å². The molecule has 0 aromatic carbocycles. The molecule has 0 radical (unpaired) electrons. The highest BCUT2D eigenvalue weighted by Gasteiger charge is 2.28. The molecule has 0 saturated heterocycles. The third kappa shape index (κ3) is 3.29. The van der Waals surface area contributed by atoms with Crippen LogP contribution in [0.2, 0.25) is 0 Å². The summed E-state index contributed by atoms with van der Waals surface area (Å²) >= 11 is 1.75. The van der Waals surface area contributed by atoms with Crippen molar-refractivity contribution in [2.75, 3.05) is 0 Å². The summed E-state index contributed by atoms with van der Waals surface area (Å²) in [6.07, 6.45) is 6.86. The summed E-state index contributed by atoms with van der Waals surface area (Å²) in [5.41, 5.74) is 3.10. The molecule has 1 saturated carbocycles. The molecule has 17 heavy (non-hydrogen) atoms. The first kappa shape index (κ1) is 13.0. The van der Waals surface area contributed by atoms with Crippen LogP contribution in [-0.4, -0.2) is 16.2 Å². The van der Waals surface area contributed by atoms with Gasteiger partial charge in [0.25, 0.3) is 0 Å². The molecule has 1 aromatic rings. The highest BCUT2D eigenvalue weighted by atomic mass is 32.1. The molecule has 0 spiro atoms. The van der Waals surface area contributed by atoms with Gasteiger partial charge in [0.2, 0.25) is 0 Å². The molecule has 1 aliphatic carbocycles. The van der Waals surface area contributed by atoms with Crippen LogP contribution < -0.4 is 0 Å². The molecule has 3 heteroatoms. The topological polar surface area (TPSA) is 33.1 Å². The molecule has 2 nitrogen and oxygen atoms in total. The lowest BCUT2D eigenvalue weighted by molar-refractivity contribution is 0.0433. The second-order valence-electron chi connectivity index (χ2n) is 5.31. The van der Waals surface area contributed by atoms with E-state index in [4.69, 9.17) is 0 Å². The zero-order valence-corrected chi connectivity index (χ0v) is 11.7. The third-order valence-corrected chi connectivity index (χ3v) is 5.21. The molecule has 3 atom stereocenters. The van der Waals surface area contributed by atoms with E-state index >= 15 is 0 Å². The van der Waals surface area contributed by atoms with Gasteiger partial charge in [0.05, 0.1) is 17.3 Å². The van der Waals surface area contributed by atoms with Crippen molar-refractivity contribution >= 4 is 11.3 Å². The minimum absolute atomic E-state index is 0.0639. The third-order valence-electron chi connectivity index (χ3n) is 4.22. The van der Waals surface area contributed by atoms with Crippen LogP contribution in [0.25, 0.3) is 0 Å². The number of aliphatic hydroxyl groups excluding tert-OH is 1. The molecule has 2 rings (SSSR count). The smallest absolute Gasteiger partial charge is 0.0797 e. The predicted molar refractivity (Wildman–Crippen MR) is 72.3 cm³/mol. The highest BCUT2D eigenvalue weighted by Crippen LogP contribution is 2.34. The molecule has 0 amide bonds. The van der Waals surface area contributed by atoms with Crippen molar-refractivity contribution in [2.45, 2.75) is 58.5 Å². The van der Waals surface area contributed by atoms with Crippen molar-refractivity contribution in [1.29, 1.82) is 0 Å². The minimum Gasteiger partial charge on any atom is -0.393 e. The quantitative estimate of drug-likeness (QED) is 0.890. The second kappa shape index (κ2) is 5.96. The number of aliphatic hydroxyl groups is 1. The molecule has 0 bridgehead atoms. The SMILES string of the molecule is CCC1CCC(O)C(CCc2scnc2C)C1. The second-order valence-corrected chi connectivity index (χ2v) is 6.25. The zero-order chi connectivity index (χ0) is 12.3. The van der Waals surface area contributed by atoms with Gasteiger partial charge in [-0.15, -0.1) is 11.3 Å². The molecule has 96 valence electrons. The van der Waals surface area contributed by atoms with Gasteiger partial charge in [0.1, 0.15) is 0 Å². The van der Waals surface area contributed by atoms with E-state index in [-0.39, 0.29) is 6.10 Å². The van der Waals surface area contributed by atoms with Gasteiger partial charge in [0, 0.05) is 4.88 Å². The van der Waals surface area contributed by atoms with Gasteiger partial charge in [-0.3, -0.25) is 0 Å². The Bertz CT molecular complexity index is 350. The summed E-state index contributed by atoms with van der Waals surface area (Å²) in [5.74, 6) is 1.35. The Hall–Kier alpha value is -0.410. The number of thiazole rings is 1. The molecule has 0 aliphatic heterocycles. The highest BCUT2D eigenvalue weighted by molar-refractivity contribution is 7.09. The van der Waals surface area contributed by atoms with E-state index in [1.807, 2.05) is 5.51 Å². The summed E-state index contributed by atoms with van der Waals surface area (Å²) < 4.78 is 0. The molecule has 1 aliphatic rings. The number of hydrogen-bond donors (Lipinski definition) is 1. The normalized spacial score (nSPS) is 29.5. The Morgan fingerprint density at radius 2 is 2.29 bits per heavy atom. The first-order chi connectivity index (χ1) is 8.20. The lowest BCUT2D eigenvalue weighted by Crippen LogP contribution is -2.29. The summed E-state index contributed by atoms with van der Waals surface area (Å²) in [7, 11) is 0. The maximum absolute atomic E-state index is 10.1. The van der Waals surface area contributed by atoms with E-state index in [0.29, 0.717) is 5.92 Å². The van der Waals surface area contributed by atoms with Gasteiger partial charge in [-0.1, -0.05) is 13.3 Å². The van der Waals surface area contributed by atoms with Crippen LogP contribution in [0, 0.1) is 18.8 Å². The fraction of sp³-hybridized carbons (Fsp3) is 0.786. The fourth-order valence-electron chi connectivity index (χ4n) is 2.91. The number of rotatable bonds is 4. The van der Waals surface area contributed by atoms with Crippen molar-refractivity contribution in [3.63, 3.8) is 0 Å². The van der Waals surface area contributed by atoms with Crippen LogP contribution >= 0.6 is 11.3 Å². The van der Waals surface area contributed by atoms with Gasteiger partial charge in [-0.2, -0.15) is 0 Å². The summed E-state index contributed by atoms with van der Waals surface area (Å²) in [4.78, 5) is 5.69. The average Bonchev–Trinajstić information content (AvgIpc) is 2.74. The van der Waals surface area contributed by atoms with Crippen molar-refractivity contribution < 1.29 is 5.11 Å². The number of hydrogen-bond acceptors (Lipinski definition) is 3. The first-order valence-corrected chi connectivity index (χ1v) is 7.65. The first-order valence-electron chi connectivity index (χ1n) is 6.77. The predicted octanol–water partition coefficient (Wildman–Crippen LogP) is 3.57. The molecule has 3 unspecified atom stereocenters. The lowest BCUT2D eigenvalue weighted by Gasteiger charge is -2.32. The number of aryl methyl sites for hydroxylation is 2. The van der Waals surface area contributed by atoms with Crippen molar-refractivity contribution in [3.8, 4) is 0 Å². The van der Waals surface area contributed by atoms with Gasteiger partial charge in [-0.25, -0.2) is 4.98 Å². The summed E-state index contributed by atoms with van der Waals surface area (Å²) in [6, 6.07) is 0. The molecule has 1 aromatic heterocycles. The van der Waals surface area contributed by atoms with Gasteiger partial charge >= 0.3 is 0 Å². The zero-order valence-electron chi connectivity index (χ0n) is 10.9. The van der Waals surface area contributed by atoms with E-state index in [9.17, 15) is 5.11 Å². The summed E-state index contributed by atoms with van der Waals surface area (Å²) in [6.45, 7) is 4.35. The summed E-state index contributed by atoms with van der Waals surface area (Å²) in [5, 5.41) is 10.1. The fourth-order valence-corrected chi connectivity index (χ4v) is 3.71.